The molecule has 1 unspecified atom stereocenters. The maximum absolute atomic E-state index is 5.93. The number of aryl methyl sites for hydroxylation is 2. The van der Waals surface area contributed by atoms with E-state index in [1.165, 1.54) is 24.8 Å². The van der Waals surface area contributed by atoms with E-state index in [1.54, 1.807) is 0 Å². The Morgan fingerprint density at radius 3 is 2.77 bits per heavy atom. The average molecular weight is 354 g/mol. The van der Waals surface area contributed by atoms with E-state index in [2.05, 4.69) is 57.8 Å². The summed E-state index contributed by atoms with van der Waals surface area (Å²) in [5, 5.41) is 0. The molecule has 2 aromatic rings. The summed E-state index contributed by atoms with van der Waals surface area (Å²) in [5.74, 6) is 0. The average Bonchev–Trinajstić information content (AvgIpc) is 3.10. The number of pyridine rings is 1. The highest BCUT2D eigenvalue weighted by Crippen LogP contribution is 2.54. The van der Waals surface area contributed by atoms with Crippen molar-refractivity contribution in [1.29, 1.82) is 0 Å². The molecule has 2 aromatic heterocycles. The van der Waals surface area contributed by atoms with E-state index in [9.17, 15) is 0 Å². The van der Waals surface area contributed by atoms with Crippen molar-refractivity contribution >= 4 is 0 Å². The first kappa shape index (κ1) is 17.7. The summed E-state index contributed by atoms with van der Waals surface area (Å²) in [7, 11) is 0. The highest BCUT2D eigenvalue weighted by Gasteiger charge is 2.54. The minimum Gasteiger partial charge on any atom is -0.381 e. The quantitative estimate of drug-likeness (QED) is 0.729. The van der Waals surface area contributed by atoms with Crippen molar-refractivity contribution < 1.29 is 4.74 Å². The van der Waals surface area contributed by atoms with Gasteiger partial charge in [0.25, 0.3) is 0 Å². The summed E-state index contributed by atoms with van der Waals surface area (Å²) in [5.41, 5.74) is 2.96. The molecule has 2 fully saturated rings. The molecule has 5 heteroatoms. The van der Waals surface area contributed by atoms with E-state index < -0.39 is 0 Å². The van der Waals surface area contributed by atoms with Gasteiger partial charge in [-0.3, -0.25) is 9.88 Å². The van der Waals surface area contributed by atoms with Gasteiger partial charge in [-0.1, -0.05) is 6.07 Å². The molecule has 5 nitrogen and oxygen atoms in total. The van der Waals surface area contributed by atoms with Crippen molar-refractivity contribution in [3.63, 3.8) is 0 Å². The molecule has 4 rings (SSSR count). The zero-order chi connectivity index (χ0) is 18.0. The van der Waals surface area contributed by atoms with Gasteiger partial charge >= 0.3 is 0 Å². The summed E-state index contributed by atoms with van der Waals surface area (Å²) in [6, 6.07) is 4.43. The van der Waals surface area contributed by atoms with Crippen LogP contribution in [0.2, 0.25) is 0 Å². The second kappa shape index (κ2) is 7.12. The monoisotopic (exact) mass is 354 g/mol. The molecule has 1 aliphatic heterocycles. The van der Waals surface area contributed by atoms with Gasteiger partial charge < -0.3 is 9.30 Å². The second-order valence-electron chi connectivity index (χ2n) is 8.08. The summed E-state index contributed by atoms with van der Waals surface area (Å²) in [4.78, 5) is 11.4. The smallest absolute Gasteiger partial charge is 0.0945 e. The molecule has 0 radical (unpaired) electrons. The van der Waals surface area contributed by atoms with E-state index in [0.29, 0.717) is 0 Å². The van der Waals surface area contributed by atoms with E-state index in [0.717, 1.165) is 45.0 Å². The van der Waals surface area contributed by atoms with Crippen LogP contribution in [0.5, 0.6) is 0 Å². The first-order valence-corrected chi connectivity index (χ1v) is 9.88. The molecule has 1 atom stereocenters. The second-order valence-corrected chi connectivity index (χ2v) is 8.08. The lowest BCUT2D eigenvalue weighted by atomic mass is 9.84. The van der Waals surface area contributed by atoms with Crippen LogP contribution in [0.3, 0.4) is 0 Å². The van der Waals surface area contributed by atoms with Gasteiger partial charge in [-0.2, -0.15) is 0 Å². The van der Waals surface area contributed by atoms with Crippen LogP contribution in [-0.2, 0) is 16.8 Å². The minimum absolute atomic E-state index is 0.226. The highest BCUT2D eigenvalue weighted by atomic mass is 16.5. The maximum atomic E-state index is 5.93. The zero-order valence-electron chi connectivity index (χ0n) is 16.0. The Balaban J connectivity index is 1.48. The molecular formula is C21H30N4O. The molecule has 0 aromatic carbocycles. The third-order valence-electron chi connectivity index (χ3n) is 6.29. The summed E-state index contributed by atoms with van der Waals surface area (Å²) in [6.45, 7) is 9.09. The third-order valence-corrected chi connectivity index (χ3v) is 6.29. The number of likely N-dealkylation sites (tertiary alicyclic amines) is 1. The van der Waals surface area contributed by atoms with Crippen LogP contribution in [-0.4, -0.2) is 45.7 Å². The van der Waals surface area contributed by atoms with E-state index in [4.69, 9.17) is 4.74 Å². The molecular weight excluding hydrogens is 324 g/mol. The van der Waals surface area contributed by atoms with Crippen LogP contribution >= 0.6 is 0 Å². The summed E-state index contributed by atoms with van der Waals surface area (Å²) in [6.07, 6.45) is 12.8. The van der Waals surface area contributed by atoms with Crippen molar-refractivity contribution in [1.82, 2.24) is 19.4 Å². The Kier molecular flexibility index (Phi) is 4.84. The third kappa shape index (κ3) is 3.42. The lowest BCUT2D eigenvalue weighted by Crippen LogP contribution is -2.38. The first-order chi connectivity index (χ1) is 12.7. The highest BCUT2D eigenvalue weighted by molar-refractivity contribution is 5.29. The van der Waals surface area contributed by atoms with Crippen LogP contribution in [0.1, 0.15) is 43.9 Å². The molecule has 3 heterocycles. The molecule has 1 saturated heterocycles. The molecule has 0 amide bonds. The summed E-state index contributed by atoms with van der Waals surface area (Å²) < 4.78 is 8.12. The number of nitrogens with zero attached hydrogens (tertiary/aromatic N) is 4. The predicted molar refractivity (Wildman–Crippen MR) is 102 cm³/mol. The number of rotatable bonds is 8. The predicted octanol–water partition coefficient (Wildman–Crippen LogP) is 3.39. The largest absolute Gasteiger partial charge is 0.381 e. The van der Waals surface area contributed by atoms with Gasteiger partial charge in [0.2, 0.25) is 0 Å². The van der Waals surface area contributed by atoms with Crippen LogP contribution < -0.4 is 0 Å². The van der Waals surface area contributed by atoms with E-state index in [-0.39, 0.29) is 11.0 Å². The van der Waals surface area contributed by atoms with Crippen molar-refractivity contribution in [2.75, 3.05) is 26.3 Å². The van der Waals surface area contributed by atoms with Crippen molar-refractivity contribution in [2.24, 2.45) is 5.41 Å². The van der Waals surface area contributed by atoms with E-state index >= 15 is 0 Å². The number of hydrogen-bond donors (Lipinski definition) is 0. The van der Waals surface area contributed by atoms with Gasteiger partial charge in [-0.25, -0.2) is 4.98 Å². The normalized spacial score (nSPS) is 24.8. The fraction of sp³-hybridized carbons (Fsp3) is 0.619. The maximum Gasteiger partial charge on any atom is 0.0945 e. The molecule has 0 spiro atoms. The Bertz CT molecular complexity index is 708. The Hall–Kier alpha value is -1.72. The van der Waals surface area contributed by atoms with Gasteiger partial charge in [0.1, 0.15) is 0 Å². The zero-order valence-corrected chi connectivity index (χ0v) is 16.0. The number of aromatic nitrogens is 3. The van der Waals surface area contributed by atoms with Crippen LogP contribution in [0.15, 0.2) is 37.1 Å². The fourth-order valence-electron chi connectivity index (χ4n) is 4.45. The first-order valence-electron chi connectivity index (χ1n) is 9.88. The van der Waals surface area contributed by atoms with Crippen molar-refractivity contribution in [2.45, 2.75) is 51.6 Å². The van der Waals surface area contributed by atoms with E-state index in [1.807, 2.05) is 12.5 Å². The molecule has 0 N–H and O–H groups in total. The topological polar surface area (TPSA) is 43.2 Å². The molecule has 1 aliphatic carbocycles. The standard InChI is InChI=1S/C21H30N4O/c1-3-26-16-20(8-11-24-13-10-22-17-24)9-12-25(15-20)21(6-7-21)19-5-4-18(2)23-14-19/h4-5,10,13-14,17H,3,6-9,11-12,15-16H2,1-2H3. The van der Waals surface area contributed by atoms with Gasteiger partial charge in [0.05, 0.1) is 12.9 Å². The molecule has 140 valence electrons. The Labute approximate surface area is 156 Å². The van der Waals surface area contributed by atoms with Gasteiger partial charge in [-0.15, -0.1) is 0 Å². The van der Waals surface area contributed by atoms with Gasteiger partial charge in [0, 0.05) is 54.9 Å². The molecule has 0 bridgehead atoms. The Morgan fingerprint density at radius 1 is 1.23 bits per heavy atom. The molecule has 26 heavy (non-hydrogen) atoms. The number of ether oxygens (including phenoxy) is 1. The van der Waals surface area contributed by atoms with Crippen LogP contribution in [0.4, 0.5) is 0 Å². The van der Waals surface area contributed by atoms with Crippen LogP contribution in [0.25, 0.3) is 0 Å². The van der Waals surface area contributed by atoms with Crippen molar-refractivity contribution in [3.8, 4) is 0 Å². The lowest BCUT2D eigenvalue weighted by molar-refractivity contribution is 0.0416. The Morgan fingerprint density at radius 2 is 2.12 bits per heavy atom. The minimum atomic E-state index is 0.226. The summed E-state index contributed by atoms with van der Waals surface area (Å²) >= 11 is 0. The lowest BCUT2D eigenvalue weighted by Gasteiger charge is -2.33. The van der Waals surface area contributed by atoms with Gasteiger partial charge in [-0.05, 0) is 57.7 Å². The van der Waals surface area contributed by atoms with Crippen LogP contribution in [0, 0.1) is 12.3 Å². The fourth-order valence-corrected chi connectivity index (χ4v) is 4.45. The number of hydrogen-bond acceptors (Lipinski definition) is 4. The SMILES string of the molecule is CCOCC1(CCn2ccnc2)CCN(C2(c3ccc(C)nc3)CC2)C1. The molecule has 1 saturated carbocycles. The van der Waals surface area contributed by atoms with Crippen molar-refractivity contribution in [3.05, 3.63) is 48.3 Å². The van der Waals surface area contributed by atoms with Gasteiger partial charge in [0.15, 0.2) is 0 Å². The number of imidazole rings is 1. The molecule has 2 aliphatic rings.